The van der Waals surface area contributed by atoms with E-state index in [-0.39, 0.29) is 18.7 Å². The van der Waals surface area contributed by atoms with Gasteiger partial charge >= 0.3 is 5.69 Å². The summed E-state index contributed by atoms with van der Waals surface area (Å²) in [5, 5.41) is 9.45. The summed E-state index contributed by atoms with van der Waals surface area (Å²) < 4.78 is 20.1. The molecule has 0 aliphatic heterocycles. The molecule has 10 heteroatoms. The Morgan fingerprint density at radius 1 is 1.60 bits per heavy atom. The predicted octanol–water partition coefficient (Wildman–Crippen LogP) is 1.25. The largest absolute Gasteiger partial charge is 0.465 e. The molecule has 0 aliphatic rings. The fourth-order valence-electron chi connectivity index (χ4n) is 1.48. The van der Waals surface area contributed by atoms with E-state index in [0.29, 0.717) is 15.8 Å². The maximum absolute atomic E-state index is 11.8. The molecule has 3 heterocycles. The zero-order valence-electron chi connectivity index (χ0n) is 11.1. The van der Waals surface area contributed by atoms with Crippen molar-refractivity contribution in [2.75, 3.05) is 0 Å². The van der Waals surface area contributed by atoms with Crippen molar-refractivity contribution in [2.24, 2.45) is 7.05 Å². The van der Waals surface area contributed by atoms with Gasteiger partial charge in [0, 0.05) is 18.6 Å². The zero-order valence-corrected chi connectivity index (χ0v) is 11.7. The third-order valence-corrected chi connectivity index (χ3v) is 3.39. The van der Waals surface area contributed by atoms with E-state index in [9.17, 15) is 4.79 Å². The molecule has 3 aromatic heterocycles. The summed E-state index contributed by atoms with van der Waals surface area (Å²) in [5.41, 5.74) is -0.0223. The Kier molecular flexibility index (Phi) is 2.98. The minimum atomic E-state index is -0.468. The molecular formula is C10H8ClN5O3S. The highest BCUT2D eigenvalue weighted by molar-refractivity contribution is 7.11. The quantitative estimate of drug-likeness (QED) is 0.720. The van der Waals surface area contributed by atoms with Gasteiger partial charge in [0.15, 0.2) is 0 Å². The normalized spacial score (nSPS) is 11.6. The number of furan rings is 1. The number of hydrogen-bond donors (Lipinski definition) is 0. The maximum atomic E-state index is 11.8. The van der Waals surface area contributed by atoms with Crippen LogP contribution in [0, 0.1) is 0 Å². The van der Waals surface area contributed by atoms with Gasteiger partial charge in [-0.2, -0.15) is 4.68 Å². The summed E-state index contributed by atoms with van der Waals surface area (Å²) in [5.74, 6) is 0.140. The molecule has 0 saturated carbocycles. The standard InChI is InChI=1S/C10H8ClN5O3S/c1-15-10(17)16(14-13-15)8-6(7(11)5-18-8)4-19-9-12-2-3-20-9/h2-3,5H,4H2,1H3/i2T. The summed E-state index contributed by atoms with van der Waals surface area (Å²) >= 11 is 7.22. The maximum Gasteiger partial charge on any atom is 0.370 e. The second-order valence-electron chi connectivity index (χ2n) is 3.70. The van der Waals surface area contributed by atoms with E-state index in [4.69, 9.17) is 22.1 Å². The smallest absolute Gasteiger partial charge is 0.370 e. The van der Waals surface area contributed by atoms with Gasteiger partial charge in [-0.25, -0.2) is 9.78 Å². The van der Waals surface area contributed by atoms with Gasteiger partial charge in [0.1, 0.15) is 12.9 Å². The Morgan fingerprint density at radius 3 is 3.10 bits per heavy atom. The van der Waals surface area contributed by atoms with Gasteiger partial charge in [0.25, 0.3) is 5.19 Å². The van der Waals surface area contributed by atoms with Gasteiger partial charge in [-0.1, -0.05) is 22.9 Å². The van der Waals surface area contributed by atoms with Crippen LogP contribution < -0.4 is 10.4 Å². The molecule has 0 saturated heterocycles. The topological polar surface area (TPSA) is 88.0 Å². The van der Waals surface area contributed by atoms with Crippen molar-refractivity contribution in [1.29, 1.82) is 0 Å². The van der Waals surface area contributed by atoms with Crippen LogP contribution in [0.1, 0.15) is 6.93 Å². The van der Waals surface area contributed by atoms with Crippen LogP contribution in [0.15, 0.2) is 27.0 Å². The summed E-state index contributed by atoms with van der Waals surface area (Å²) in [6.45, 7) is 0.0284. The average molecular weight is 316 g/mol. The highest BCUT2D eigenvalue weighted by Gasteiger charge is 2.19. The van der Waals surface area contributed by atoms with Gasteiger partial charge in [0.05, 0.1) is 12.0 Å². The van der Waals surface area contributed by atoms with Crippen LogP contribution in [0.4, 0.5) is 0 Å². The average Bonchev–Trinajstić information content (AvgIpc) is 3.11. The minimum absolute atomic E-state index is 0.0284. The van der Waals surface area contributed by atoms with Crippen molar-refractivity contribution in [3.05, 3.63) is 38.9 Å². The first-order valence-electron chi connectivity index (χ1n) is 5.86. The first kappa shape index (κ1) is 11.7. The van der Waals surface area contributed by atoms with Gasteiger partial charge in [-0.15, -0.1) is 4.68 Å². The molecule has 0 atom stereocenters. The number of ether oxygens (including phenoxy) is 1. The molecule has 3 rings (SSSR count). The Balaban J connectivity index is 1.90. The van der Waals surface area contributed by atoms with Crippen molar-refractivity contribution >= 4 is 22.9 Å². The van der Waals surface area contributed by atoms with Crippen molar-refractivity contribution in [3.63, 3.8) is 0 Å². The second kappa shape index (κ2) is 5.10. The summed E-state index contributed by atoms with van der Waals surface area (Å²) in [6, 6.07) is 0. The lowest BCUT2D eigenvalue weighted by atomic mass is 10.3. The molecule has 0 unspecified atom stereocenters. The lowest BCUT2D eigenvalue weighted by molar-refractivity contribution is 0.302. The van der Waals surface area contributed by atoms with Gasteiger partial charge in [-0.3, -0.25) is 0 Å². The summed E-state index contributed by atoms with van der Waals surface area (Å²) in [6.07, 6.45) is 1.41. The number of thiazole rings is 1. The molecule has 0 N–H and O–H groups in total. The summed E-state index contributed by atoms with van der Waals surface area (Å²) in [4.78, 5) is 15.7. The molecule has 3 aromatic rings. The Labute approximate surface area is 122 Å². The SMILES string of the molecule is [3H]c1csc(OCc2c(Cl)coc2-n2nnn(C)c2=O)n1. The molecule has 0 aromatic carbocycles. The van der Waals surface area contributed by atoms with Crippen molar-refractivity contribution in [3.8, 4) is 11.1 Å². The van der Waals surface area contributed by atoms with Crippen LogP contribution in [0.25, 0.3) is 5.88 Å². The predicted molar refractivity (Wildman–Crippen MR) is 70.3 cm³/mol. The molecule has 0 bridgehead atoms. The lowest BCUT2D eigenvalue weighted by Crippen LogP contribution is -2.22. The van der Waals surface area contributed by atoms with E-state index in [2.05, 4.69) is 15.4 Å². The number of nitrogens with zero attached hydrogens (tertiary/aromatic N) is 5. The van der Waals surface area contributed by atoms with Crippen molar-refractivity contribution < 1.29 is 10.5 Å². The third-order valence-electron chi connectivity index (χ3n) is 2.44. The Bertz CT molecular complexity index is 838. The number of aryl methyl sites for hydroxylation is 1. The first-order valence-corrected chi connectivity index (χ1v) is 6.62. The molecule has 0 radical (unpaired) electrons. The van der Waals surface area contributed by atoms with E-state index < -0.39 is 5.69 Å². The van der Waals surface area contributed by atoms with E-state index in [1.165, 1.54) is 24.6 Å². The minimum Gasteiger partial charge on any atom is -0.465 e. The van der Waals surface area contributed by atoms with Crippen LogP contribution in [0.5, 0.6) is 5.19 Å². The lowest BCUT2D eigenvalue weighted by Gasteiger charge is -2.02. The third kappa shape index (κ3) is 2.21. The molecule has 20 heavy (non-hydrogen) atoms. The fourth-order valence-corrected chi connectivity index (χ4v) is 2.10. The monoisotopic (exact) mass is 315 g/mol. The highest BCUT2D eigenvalue weighted by atomic mass is 35.5. The van der Waals surface area contributed by atoms with Crippen LogP contribution >= 0.6 is 22.9 Å². The van der Waals surface area contributed by atoms with E-state index in [1.807, 2.05) is 0 Å². The summed E-state index contributed by atoms with van der Waals surface area (Å²) in [7, 11) is 1.47. The molecule has 104 valence electrons. The Morgan fingerprint density at radius 2 is 2.45 bits per heavy atom. The van der Waals surface area contributed by atoms with Crippen molar-refractivity contribution in [2.45, 2.75) is 6.61 Å². The first-order chi connectivity index (χ1) is 10.1. The van der Waals surface area contributed by atoms with Crippen molar-refractivity contribution in [1.82, 2.24) is 24.8 Å². The molecule has 0 amide bonds. The molecule has 0 aliphatic carbocycles. The van der Waals surface area contributed by atoms with E-state index in [0.717, 1.165) is 9.36 Å². The van der Waals surface area contributed by atoms with Crippen LogP contribution in [-0.2, 0) is 13.7 Å². The number of hydrogen-bond acceptors (Lipinski definition) is 7. The number of halogens is 1. The van der Waals surface area contributed by atoms with Gasteiger partial charge < -0.3 is 9.15 Å². The molecular weight excluding hydrogens is 306 g/mol. The highest BCUT2D eigenvalue weighted by Crippen LogP contribution is 2.26. The number of rotatable bonds is 4. The second-order valence-corrected chi connectivity index (χ2v) is 4.92. The van der Waals surface area contributed by atoms with Gasteiger partial charge in [0.2, 0.25) is 5.88 Å². The van der Waals surface area contributed by atoms with E-state index in [1.54, 1.807) is 5.38 Å². The fraction of sp³-hybridized carbons (Fsp3) is 0.200. The Hall–Kier alpha value is -2.13. The number of tetrazole rings is 1. The van der Waals surface area contributed by atoms with Gasteiger partial charge in [-0.05, 0) is 10.4 Å². The molecule has 0 spiro atoms. The molecule has 8 nitrogen and oxygen atoms in total. The van der Waals surface area contributed by atoms with E-state index >= 15 is 0 Å². The van der Waals surface area contributed by atoms with Crippen LogP contribution in [0.2, 0.25) is 5.02 Å². The number of aromatic nitrogens is 5. The zero-order chi connectivity index (χ0) is 15.0. The van der Waals surface area contributed by atoms with Crippen LogP contribution in [-0.4, -0.2) is 24.8 Å². The molecule has 0 fully saturated rings. The van der Waals surface area contributed by atoms with Crippen LogP contribution in [0.3, 0.4) is 0 Å².